The van der Waals surface area contributed by atoms with Crippen LogP contribution in [0.1, 0.15) is 44.5 Å². The van der Waals surface area contributed by atoms with Gasteiger partial charge in [-0.3, -0.25) is 19.4 Å². The molecule has 1 aromatic carbocycles. The normalized spacial score (nSPS) is 12.6. The molecule has 2 N–H and O–H groups in total. The molecule has 0 saturated carbocycles. The lowest BCUT2D eigenvalue weighted by atomic mass is 9.85. The standard InChI is InChI=1S/C16H12N2O4/c1-7-5-9-14(17-6-7)16(22)12-10(18-8(2)19)3-4-11(20)13(12)15(9)21/h3-6,20H,1-2H3,(H,18,19). The predicted molar refractivity (Wildman–Crippen MR) is 78.2 cm³/mol. The zero-order valence-electron chi connectivity index (χ0n) is 11.9. The van der Waals surface area contributed by atoms with Crippen molar-refractivity contribution >= 4 is 23.2 Å². The fourth-order valence-corrected chi connectivity index (χ4v) is 2.53. The van der Waals surface area contributed by atoms with Gasteiger partial charge in [0.15, 0.2) is 5.78 Å². The van der Waals surface area contributed by atoms with Crippen LogP contribution in [0.5, 0.6) is 5.75 Å². The van der Waals surface area contributed by atoms with Crippen molar-refractivity contribution in [3.05, 3.63) is 52.3 Å². The molecular formula is C16H12N2O4. The minimum Gasteiger partial charge on any atom is -0.507 e. The second-order valence-corrected chi connectivity index (χ2v) is 5.13. The van der Waals surface area contributed by atoms with Crippen LogP contribution in [0.2, 0.25) is 0 Å². The van der Waals surface area contributed by atoms with Gasteiger partial charge in [-0.1, -0.05) is 0 Å². The molecule has 1 amide bonds. The van der Waals surface area contributed by atoms with Crippen LogP contribution in [0.3, 0.4) is 0 Å². The fraction of sp³-hybridized carbons (Fsp3) is 0.125. The molecule has 0 unspecified atom stereocenters. The summed E-state index contributed by atoms with van der Waals surface area (Å²) in [6.45, 7) is 3.05. The third-order valence-corrected chi connectivity index (χ3v) is 3.43. The molecule has 0 saturated heterocycles. The van der Waals surface area contributed by atoms with E-state index in [0.29, 0.717) is 0 Å². The molecule has 0 bridgehead atoms. The van der Waals surface area contributed by atoms with Crippen molar-refractivity contribution in [2.24, 2.45) is 0 Å². The van der Waals surface area contributed by atoms with Gasteiger partial charge in [-0.2, -0.15) is 0 Å². The van der Waals surface area contributed by atoms with Gasteiger partial charge in [0.2, 0.25) is 11.7 Å². The molecule has 1 aliphatic carbocycles. The SMILES string of the molecule is CC(=O)Nc1ccc(O)c2c1C(=O)c1ncc(C)cc1C2=O. The van der Waals surface area contributed by atoms with Gasteiger partial charge in [-0.25, -0.2) is 0 Å². The minimum atomic E-state index is -0.496. The molecule has 0 radical (unpaired) electrons. The first-order valence-electron chi connectivity index (χ1n) is 6.59. The molecule has 1 aliphatic rings. The van der Waals surface area contributed by atoms with Crippen LogP contribution < -0.4 is 5.32 Å². The number of phenolic OH excluding ortho intramolecular Hbond substituents is 1. The van der Waals surface area contributed by atoms with Crippen LogP contribution in [0.15, 0.2) is 24.4 Å². The maximum atomic E-state index is 12.6. The minimum absolute atomic E-state index is 0.0240. The summed E-state index contributed by atoms with van der Waals surface area (Å²) >= 11 is 0. The number of aryl methyl sites for hydroxylation is 1. The van der Waals surface area contributed by atoms with Crippen molar-refractivity contribution in [2.45, 2.75) is 13.8 Å². The summed E-state index contributed by atoms with van der Waals surface area (Å²) in [6, 6.07) is 4.24. The van der Waals surface area contributed by atoms with E-state index in [4.69, 9.17) is 0 Å². The Morgan fingerprint density at radius 1 is 1.18 bits per heavy atom. The topological polar surface area (TPSA) is 96.4 Å². The molecule has 1 heterocycles. The Morgan fingerprint density at radius 3 is 2.59 bits per heavy atom. The first kappa shape index (κ1) is 13.9. The van der Waals surface area contributed by atoms with Gasteiger partial charge in [0.1, 0.15) is 11.4 Å². The number of rotatable bonds is 1. The summed E-state index contributed by atoms with van der Waals surface area (Å²) in [6.07, 6.45) is 1.50. The van der Waals surface area contributed by atoms with E-state index in [0.717, 1.165) is 5.56 Å². The number of carbonyl (C=O) groups excluding carboxylic acids is 3. The number of phenols is 1. The lowest BCUT2D eigenvalue weighted by Crippen LogP contribution is -2.24. The maximum Gasteiger partial charge on any atom is 0.221 e. The number of amides is 1. The van der Waals surface area contributed by atoms with Crippen molar-refractivity contribution in [1.82, 2.24) is 4.98 Å². The summed E-state index contributed by atoms with van der Waals surface area (Å²) in [5.74, 6) is -1.65. The van der Waals surface area contributed by atoms with Crippen molar-refractivity contribution in [1.29, 1.82) is 0 Å². The predicted octanol–water partition coefficient (Wildman–Crippen LogP) is 1.83. The Morgan fingerprint density at radius 2 is 1.91 bits per heavy atom. The Hall–Kier alpha value is -3.02. The van der Waals surface area contributed by atoms with E-state index in [9.17, 15) is 19.5 Å². The highest BCUT2D eigenvalue weighted by molar-refractivity contribution is 6.30. The maximum absolute atomic E-state index is 12.6. The summed E-state index contributed by atoms with van der Waals surface area (Å²) in [5, 5.41) is 12.5. The molecule has 2 aromatic rings. The molecule has 0 atom stereocenters. The molecular weight excluding hydrogens is 284 g/mol. The van der Waals surface area contributed by atoms with Crippen LogP contribution in [-0.4, -0.2) is 27.6 Å². The van der Waals surface area contributed by atoms with Gasteiger partial charge < -0.3 is 10.4 Å². The first-order chi connectivity index (χ1) is 10.4. The molecule has 0 aliphatic heterocycles. The number of nitrogens with zero attached hydrogens (tertiary/aromatic N) is 1. The van der Waals surface area contributed by atoms with Crippen molar-refractivity contribution in [3.8, 4) is 5.75 Å². The first-order valence-corrected chi connectivity index (χ1v) is 6.59. The number of anilines is 1. The summed E-state index contributed by atoms with van der Waals surface area (Å²) in [5.41, 5.74) is 0.987. The molecule has 0 spiro atoms. The second kappa shape index (κ2) is 4.77. The van der Waals surface area contributed by atoms with Crippen LogP contribution >= 0.6 is 0 Å². The Labute approximate surface area is 125 Å². The van der Waals surface area contributed by atoms with E-state index in [-0.39, 0.29) is 39.7 Å². The highest BCUT2D eigenvalue weighted by Crippen LogP contribution is 2.36. The van der Waals surface area contributed by atoms with E-state index < -0.39 is 11.6 Å². The number of hydrogen-bond donors (Lipinski definition) is 2. The number of nitrogens with one attached hydrogen (secondary N) is 1. The van der Waals surface area contributed by atoms with Gasteiger partial charge in [-0.15, -0.1) is 0 Å². The largest absolute Gasteiger partial charge is 0.507 e. The van der Waals surface area contributed by atoms with Crippen LogP contribution in [0, 0.1) is 6.92 Å². The second-order valence-electron chi connectivity index (χ2n) is 5.13. The zero-order chi connectivity index (χ0) is 16.0. The average molecular weight is 296 g/mol. The number of ketones is 2. The number of carbonyl (C=O) groups is 3. The van der Waals surface area contributed by atoms with E-state index in [1.165, 1.54) is 25.3 Å². The average Bonchev–Trinajstić information content (AvgIpc) is 2.46. The highest BCUT2D eigenvalue weighted by Gasteiger charge is 2.35. The Kier molecular flexibility index (Phi) is 3.02. The van der Waals surface area contributed by atoms with Gasteiger partial charge in [0.25, 0.3) is 0 Å². The highest BCUT2D eigenvalue weighted by atomic mass is 16.3. The van der Waals surface area contributed by atoms with Crippen LogP contribution in [-0.2, 0) is 4.79 Å². The lowest BCUT2D eigenvalue weighted by Gasteiger charge is -2.20. The van der Waals surface area contributed by atoms with Gasteiger partial charge in [-0.05, 0) is 30.7 Å². The van der Waals surface area contributed by atoms with E-state index >= 15 is 0 Å². The lowest BCUT2D eigenvalue weighted by molar-refractivity contribution is -0.114. The number of fused-ring (bicyclic) bond motifs is 2. The molecule has 0 fully saturated rings. The third-order valence-electron chi connectivity index (χ3n) is 3.43. The molecule has 3 rings (SSSR count). The van der Waals surface area contributed by atoms with Gasteiger partial charge >= 0.3 is 0 Å². The van der Waals surface area contributed by atoms with Crippen LogP contribution in [0.4, 0.5) is 5.69 Å². The summed E-state index contributed by atoms with van der Waals surface area (Å²) in [4.78, 5) is 40.6. The number of aromatic nitrogens is 1. The van der Waals surface area contributed by atoms with E-state index in [1.54, 1.807) is 13.0 Å². The smallest absolute Gasteiger partial charge is 0.221 e. The summed E-state index contributed by atoms with van der Waals surface area (Å²) < 4.78 is 0. The van der Waals surface area contributed by atoms with Crippen molar-refractivity contribution in [3.63, 3.8) is 0 Å². The third kappa shape index (κ3) is 1.96. The summed E-state index contributed by atoms with van der Waals surface area (Å²) in [7, 11) is 0. The molecule has 1 aromatic heterocycles. The van der Waals surface area contributed by atoms with E-state index in [2.05, 4.69) is 10.3 Å². The van der Waals surface area contributed by atoms with Gasteiger partial charge in [0, 0.05) is 13.1 Å². The monoisotopic (exact) mass is 296 g/mol. The number of benzene rings is 1. The number of hydrogen-bond acceptors (Lipinski definition) is 5. The van der Waals surface area contributed by atoms with Crippen molar-refractivity contribution < 1.29 is 19.5 Å². The Bertz CT molecular complexity index is 855. The molecule has 6 nitrogen and oxygen atoms in total. The fourth-order valence-electron chi connectivity index (χ4n) is 2.53. The quantitative estimate of drug-likeness (QED) is 0.668. The molecule has 110 valence electrons. The van der Waals surface area contributed by atoms with Crippen LogP contribution in [0.25, 0.3) is 0 Å². The molecule has 22 heavy (non-hydrogen) atoms. The number of aromatic hydroxyl groups is 1. The van der Waals surface area contributed by atoms with Crippen molar-refractivity contribution in [2.75, 3.05) is 5.32 Å². The number of pyridine rings is 1. The van der Waals surface area contributed by atoms with E-state index in [1.807, 2.05) is 0 Å². The molecule has 6 heteroatoms. The van der Waals surface area contributed by atoms with Gasteiger partial charge in [0.05, 0.1) is 22.4 Å². The zero-order valence-corrected chi connectivity index (χ0v) is 11.9. The Balaban J connectivity index is 2.31.